The first-order valence-electron chi connectivity index (χ1n) is 12.5. The number of ether oxygens (including phenoxy) is 1. The highest BCUT2D eigenvalue weighted by atomic mass is 16.5. The monoisotopic (exact) mass is 512 g/mol. The number of hydrogen-bond acceptors (Lipinski definition) is 5. The molecule has 3 N–H and O–H groups in total. The van der Waals surface area contributed by atoms with Crippen molar-refractivity contribution in [2.75, 3.05) is 17.7 Å². The highest BCUT2D eigenvalue weighted by molar-refractivity contribution is 6.06. The number of benzene rings is 3. The first-order valence-corrected chi connectivity index (χ1v) is 12.5. The van der Waals surface area contributed by atoms with Gasteiger partial charge in [0.25, 0.3) is 5.91 Å². The number of rotatable bonds is 7. The van der Waals surface area contributed by atoms with Crippen molar-refractivity contribution in [1.29, 1.82) is 0 Å². The van der Waals surface area contributed by atoms with E-state index in [-0.39, 0.29) is 23.4 Å². The van der Waals surface area contributed by atoms with Gasteiger partial charge in [-0.2, -0.15) is 0 Å². The Balaban J connectivity index is 1.45. The van der Waals surface area contributed by atoms with Gasteiger partial charge in [0.15, 0.2) is 0 Å². The number of aromatic nitrogens is 2. The lowest BCUT2D eigenvalue weighted by molar-refractivity contribution is -0.114. The quantitative estimate of drug-likeness (QED) is 0.290. The van der Waals surface area contributed by atoms with E-state index in [4.69, 9.17) is 9.72 Å². The fourth-order valence-electron chi connectivity index (χ4n) is 5.02. The lowest BCUT2D eigenvalue weighted by Gasteiger charge is -2.17. The van der Waals surface area contributed by atoms with E-state index in [0.29, 0.717) is 28.2 Å². The molecule has 5 rings (SSSR count). The van der Waals surface area contributed by atoms with Crippen molar-refractivity contribution in [3.05, 3.63) is 71.8 Å². The Hall–Kier alpha value is -4.66. The van der Waals surface area contributed by atoms with Crippen molar-refractivity contribution in [2.45, 2.75) is 38.6 Å². The summed E-state index contributed by atoms with van der Waals surface area (Å²) in [7, 11) is 1.51. The summed E-state index contributed by atoms with van der Waals surface area (Å²) >= 11 is 0. The number of nitrogens with one attached hydrogen (secondary N) is 2. The fraction of sp³-hybridized carbons (Fsp3) is 0.241. The van der Waals surface area contributed by atoms with E-state index in [1.807, 2.05) is 18.2 Å². The topological polar surface area (TPSA) is 123 Å². The predicted octanol–water partition coefficient (Wildman–Crippen LogP) is 5.74. The van der Waals surface area contributed by atoms with Crippen LogP contribution in [0.2, 0.25) is 0 Å². The van der Waals surface area contributed by atoms with Gasteiger partial charge in [0, 0.05) is 29.8 Å². The number of aromatic carboxylic acids is 1. The van der Waals surface area contributed by atoms with Gasteiger partial charge in [0.05, 0.1) is 29.4 Å². The first kappa shape index (κ1) is 25.0. The third-order valence-corrected chi connectivity index (χ3v) is 6.80. The Morgan fingerprint density at radius 2 is 1.66 bits per heavy atom. The number of carbonyl (C=O) groups excluding carboxylic acids is 2. The molecule has 1 saturated carbocycles. The summed E-state index contributed by atoms with van der Waals surface area (Å²) in [6.07, 6.45) is 4.36. The second-order valence-electron chi connectivity index (χ2n) is 9.38. The molecule has 0 spiro atoms. The van der Waals surface area contributed by atoms with Gasteiger partial charge < -0.3 is 25.0 Å². The molecule has 0 aliphatic heterocycles. The van der Waals surface area contributed by atoms with Crippen LogP contribution in [0.3, 0.4) is 0 Å². The SMILES string of the molecule is COc1ccc(NC(C)=O)cc1NC(=O)c1ccc(-c2nc3cc(C(=O)O)ccc3n2C2CCCC2)cc1. The lowest BCUT2D eigenvalue weighted by atomic mass is 10.1. The minimum Gasteiger partial charge on any atom is -0.495 e. The van der Waals surface area contributed by atoms with Crippen molar-refractivity contribution in [3.63, 3.8) is 0 Å². The van der Waals surface area contributed by atoms with Crippen LogP contribution in [0, 0.1) is 0 Å². The van der Waals surface area contributed by atoms with Crippen LogP contribution >= 0.6 is 0 Å². The van der Waals surface area contributed by atoms with Gasteiger partial charge in [-0.25, -0.2) is 9.78 Å². The Kier molecular flexibility index (Phi) is 6.83. The van der Waals surface area contributed by atoms with E-state index < -0.39 is 5.97 Å². The molecule has 1 aliphatic rings. The number of hydrogen-bond donors (Lipinski definition) is 3. The van der Waals surface area contributed by atoms with Gasteiger partial charge in [-0.3, -0.25) is 9.59 Å². The summed E-state index contributed by atoms with van der Waals surface area (Å²) in [5.41, 5.74) is 4.00. The predicted molar refractivity (Wildman–Crippen MR) is 145 cm³/mol. The maximum absolute atomic E-state index is 13.1. The molecule has 38 heavy (non-hydrogen) atoms. The lowest BCUT2D eigenvalue weighted by Crippen LogP contribution is -2.13. The van der Waals surface area contributed by atoms with Crippen LogP contribution in [0.15, 0.2) is 60.7 Å². The molecule has 2 amide bonds. The first-order chi connectivity index (χ1) is 18.3. The van der Waals surface area contributed by atoms with Crippen LogP contribution in [0.1, 0.15) is 59.4 Å². The van der Waals surface area contributed by atoms with E-state index >= 15 is 0 Å². The molecule has 1 aromatic heterocycles. The van der Waals surface area contributed by atoms with Crippen molar-refractivity contribution in [1.82, 2.24) is 9.55 Å². The van der Waals surface area contributed by atoms with Crippen molar-refractivity contribution >= 4 is 40.2 Å². The standard InChI is InChI=1S/C29H28N4O5/c1-17(34)30-21-12-14-26(38-2)24(16-21)32-28(35)19-9-7-18(8-10-19)27-31-23-15-20(29(36)37)11-13-25(23)33(27)22-5-3-4-6-22/h7-16,22H,3-6H2,1-2H3,(H,30,34)(H,32,35)(H,36,37). The Morgan fingerprint density at radius 1 is 0.947 bits per heavy atom. The molecule has 9 nitrogen and oxygen atoms in total. The maximum atomic E-state index is 13.1. The van der Waals surface area contributed by atoms with Crippen LogP contribution in [0.4, 0.5) is 11.4 Å². The average Bonchev–Trinajstić information content (AvgIpc) is 3.56. The minimum atomic E-state index is -0.988. The number of anilines is 2. The van der Waals surface area contributed by atoms with E-state index in [1.165, 1.54) is 14.0 Å². The molecule has 0 radical (unpaired) electrons. The van der Waals surface area contributed by atoms with Gasteiger partial charge in [-0.15, -0.1) is 0 Å². The van der Waals surface area contributed by atoms with E-state index in [9.17, 15) is 19.5 Å². The van der Waals surface area contributed by atoms with Crippen LogP contribution in [-0.2, 0) is 4.79 Å². The summed E-state index contributed by atoms with van der Waals surface area (Å²) in [6, 6.07) is 17.5. The number of fused-ring (bicyclic) bond motifs is 1. The van der Waals surface area contributed by atoms with E-state index in [0.717, 1.165) is 42.6 Å². The Labute approximate surface area is 219 Å². The van der Waals surface area contributed by atoms with Gasteiger partial charge >= 0.3 is 5.97 Å². The van der Waals surface area contributed by atoms with Crippen LogP contribution in [0.25, 0.3) is 22.4 Å². The van der Waals surface area contributed by atoms with Crippen LogP contribution in [-0.4, -0.2) is 39.6 Å². The summed E-state index contributed by atoms with van der Waals surface area (Å²) < 4.78 is 7.57. The second kappa shape index (κ2) is 10.4. The molecule has 0 unspecified atom stereocenters. The van der Waals surface area contributed by atoms with Gasteiger partial charge in [-0.05, 0) is 61.4 Å². The molecule has 0 bridgehead atoms. The van der Waals surface area contributed by atoms with E-state index in [2.05, 4.69) is 15.2 Å². The minimum absolute atomic E-state index is 0.199. The summed E-state index contributed by atoms with van der Waals surface area (Å²) in [6.45, 7) is 1.41. The Bertz CT molecular complexity index is 1530. The fourth-order valence-corrected chi connectivity index (χ4v) is 5.02. The molecular weight excluding hydrogens is 484 g/mol. The van der Waals surface area contributed by atoms with Crippen molar-refractivity contribution in [2.24, 2.45) is 0 Å². The zero-order chi connectivity index (χ0) is 26.8. The van der Waals surface area contributed by atoms with Crippen LogP contribution < -0.4 is 15.4 Å². The summed E-state index contributed by atoms with van der Waals surface area (Å²) in [5, 5.41) is 15.0. The average molecular weight is 513 g/mol. The van der Waals surface area contributed by atoms with E-state index in [1.54, 1.807) is 42.5 Å². The Morgan fingerprint density at radius 3 is 2.32 bits per heavy atom. The molecular formula is C29H28N4O5. The van der Waals surface area contributed by atoms with Gasteiger partial charge in [-0.1, -0.05) is 25.0 Å². The highest BCUT2D eigenvalue weighted by Crippen LogP contribution is 2.37. The molecule has 9 heteroatoms. The van der Waals surface area contributed by atoms with Gasteiger partial charge in [0.2, 0.25) is 5.91 Å². The van der Waals surface area contributed by atoms with Gasteiger partial charge in [0.1, 0.15) is 11.6 Å². The number of amides is 2. The third-order valence-electron chi connectivity index (χ3n) is 6.80. The molecule has 1 fully saturated rings. The number of carboxylic acid groups (broad SMARTS) is 1. The number of carboxylic acids is 1. The zero-order valence-electron chi connectivity index (χ0n) is 21.2. The molecule has 4 aromatic rings. The number of carbonyl (C=O) groups is 3. The summed E-state index contributed by atoms with van der Waals surface area (Å²) in [5.74, 6) is -0.310. The smallest absolute Gasteiger partial charge is 0.335 e. The third kappa shape index (κ3) is 4.95. The molecule has 3 aromatic carbocycles. The van der Waals surface area contributed by atoms with Crippen molar-refractivity contribution < 1.29 is 24.2 Å². The maximum Gasteiger partial charge on any atom is 0.335 e. The zero-order valence-corrected chi connectivity index (χ0v) is 21.2. The highest BCUT2D eigenvalue weighted by Gasteiger charge is 2.24. The number of nitrogens with zero attached hydrogens (tertiary/aromatic N) is 2. The molecule has 194 valence electrons. The second-order valence-corrected chi connectivity index (χ2v) is 9.38. The molecule has 0 saturated heterocycles. The largest absolute Gasteiger partial charge is 0.495 e. The molecule has 1 heterocycles. The number of methoxy groups -OCH3 is 1. The molecule has 0 atom stereocenters. The normalized spacial score (nSPS) is 13.4. The summed E-state index contributed by atoms with van der Waals surface area (Å²) in [4.78, 5) is 40.8. The molecule has 1 aliphatic carbocycles. The van der Waals surface area contributed by atoms with Crippen LogP contribution in [0.5, 0.6) is 5.75 Å². The number of imidazole rings is 1. The van der Waals surface area contributed by atoms with Crippen molar-refractivity contribution in [3.8, 4) is 17.1 Å².